The molecule has 1 aromatic heterocycles. The minimum absolute atomic E-state index is 0.694. The normalized spacial score (nSPS) is 10.7. The number of fused-ring (bicyclic) bond motifs is 1. The first-order valence-corrected chi connectivity index (χ1v) is 4.27. The highest BCUT2D eigenvalue weighted by Gasteiger charge is 2.01. The molecule has 0 unspecified atom stereocenters. The number of halogens is 2. The zero-order chi connectivity index (χ0) is 7.84. The molecule has 0 spiro atoms. The molecular weight excluding hydrogens is 227 g/mol. The lowest BCUT2D eigenvalue weighted by Gasteiger charge is -1.88. The van der Waals surface area contributed by atoms with E-state index < -0.39 is 0 Å². The highest BCUT2D eigenvalue weighted by Crippen LogP contribution is 2.27. The van der Waals surface area contributed by atoms with Crippen LogP contribution in [-0.4, -0.2) is 0 Å². The Bertz CT molecular complexity index is 394. The molecule has 11 heavy (non-hydrogen) atoms. The van der Waals surface area contributed by atoms with Crippen molar-refractivity contribution in [2.75, 3.05) is 0 Å². The summed E-state index contributed by atoms with van der Waals surface area (Å²) in [6.45, 7) is 0. The largest absolute Gasteiger partial charge is 0.463 e. The summed E-state index contributed by atoms with van der Waals surface area (Å²) in [5.74, 6) is 0. The Morgan fingerprint density at radius 1 is 1.36 bits per heavy atom. The maximum Gasteiger partial charge on any atom is 0.136 e. The third-order valence-corrected chi connectivity index (χ3v) is 2.34. The van der Waals surface area contributed by atoms with Gasteiger partial charge in [-0.05, 0) is 28.1 Å². The second kappa shape index (κ2) is 2.54. The van der Waals surface area contributed by atoms with Gasteiger partial charge in [0.25, 0.3) is 0 Å². The zero-order valence-corrected chi connectivity index (χ0v) is 7.82. The van der Waals surface area contributed by atoms with E-state index in [4.69, 9.17) is 16.0 Å². The molecule has 0 bridgehead atoms. The average Bonchev–Trinajstić information content (AvgIpc) is 2.32. The van der Waals surface area contributed by atoms with E-state index in [2.05, 4.69) is 15.9 Å². The fourth-order valence-electron chi connectivity index (χ4n) is 0.970. The summed E-state index contributed by atoms with van der Waals surface area (Å²) in [6.07, 6.45) is 1.65. The first kappa shape index (κ1) is 7.19. The minimum atomic E-state index is 0.694. The number of hydrogen-bond donors (Lipinski definition) is 0. The maximum atomic E-state index is 5.75. The molecule has 0 aliphatic heterocycles. The lowest BCUT2D eigenvalue weighted by atomic mass is 10.3. The van der Waals surface area contributed by atoms with Crippen molar-refractivity contribution >= 4 is 38.5 Å². The van der Waals surface area contributed by atoms with Gasteiger partial charge >= 0.3 is 0 Å². The molecule has 0 radical (unpaired) electrons. The minimum Gasteiger partial charge on any atom is -0.463 e. The van der Waals surface area contributed by atoms with Gasteiger partial charge in [-0.25, -0.2) is 0 Å². The van der Waals surface area contributed by atoms with Crippen LogP contribution >= 0.6 is 27.5 Å². The van der Waals surface area contributed by atoms with Crippen LogP contribution in [0.2, 0.25) is 5.02 Å². The van der Waals surface area contributed by atoms with E-state index in [-0.39, 0.29) is 0 Å². The van der Waals surface area contributed by atoms with Crippen LogP contribution in [0.1, 0.15) is 0 Å². The standard InChI is InChI=1S/C8H4BrClO/c9-7-4-11-8-3-5(10)1-2-6(7)8/h1-4H. The highest BCUT2D eigenvalue weighted by molar-refractivity contribution is 9.10. The lowest BCUT2D eigenvalue weighted by Crippen LogP contribution is -1.64. The monoisotopic (exact) mass is 230 g/mol. The van der Waals surface area contributed by atoms with E-state index in [0.29, 0.717) is 5.02 Å². The predicted octanol–water partition coefficient (Wildman–Crippen LogP) is 3.85. The molecule has 1 aromatic carbocycles. The molecule has 0 amide bonds. The van der Waals surface area contributed by atoms with Gasteiger partial charge in [0.05, 0.1) is 4.47 Å². The Kier molecular flexibility index (Phi) is 1.66. The molecule has 3 heteroatoms. The van der Waals surface area contributed by atoms with E-state index in [1.54, 1.807) is 12.3 Å². The van der Waals surface area contributed by atoms with Gasteiger partial charge in [0, 0.05) is 16.5 Å². The second-order valence-corrected chi connectivity index (χ2v) is 3.51. The first-order valence-electron chi connectivity index (χ1n) is 3.09. The summed E-state index contributed by atoms with van der Waals surface area (Å²) in [5.41, 5.74) is 0.810. The van der Waals surface area contributed by atoms with Gasteiger partial charge in [-0.3, -0.25) is 0 Å². The molecular formula is C8H4BrClO. The highest BCUT2D eigenvalue weighted by atomic mass is 79.9. The maximum absolute atomic E-state index is 5.75. The van der Waals surface area contributed by atoms with Crippen LogP contribution in [0.15, 0.2) is 33.4 Å². The van der Waals surface area contributed by atoms with Gasteiger partial charge in [-0.15, -0.1) is 0 Å². The van der Waals surface area contributed by atoms with Crippen LogP contribution in [0.3, 0.4) is 0 Å². The molecule has 0 saturated carbocycles. The predicted molar refractivity (Wildman–Crippen MR) is 48.9 cm³/mol. The third kappa shape index (κ3) is 1.17. The number of hydrogen-bond acceptors (Lipinski definition) is 1. The summed E-state index contributed by atoms with van der Waals surface area (Å²) >= 11 is 9.11. The van der Waals surface area contributed by atoms with Gasteiger partial charge in [0.2, 0.25) is 0 Å². The fraction of sp³-hybridized carbons (Fsp3) is 0. The van der Waals surface area contributed by atoms with Crippen molar-refractivity contribution in [2.45, 2.75) is 0 Å². The first-order chi connectivity index (χ1) is 5.27. The van der Waals surface area contributed by atoms with Crippen molar-refractivity contribution < 1.29 is 4.42 Å². The van der Waals surface area contributed by atoms with Crippen LogP contribution in [-0.2, 0) is 0 Å². The van der Waals surface area contributed by atoms with Crippen molar-refractivity contribution in [3.8, 4) is 0 Å². The third-order valence-electron chi connectivity index (χ3n) is 1.49. The molecule has 2 rings (SSSR count). The Hall–Kier alpha value is -0.470. The number of benzene rings is 1. The van der Waals surface area contributed by atoms with Gasteiger partial charge in [-0.2, -0.15) is 0 Å². The summed E-state index contributed by atoms with van der Waals surface area (Å²) in [7, 11) is 0. The summed E-state index contributed by atoms with van der Waals surface area (Å²) < 4.78 is 6.16. The molecule has 1 heterocycles. The summed E-state index contributed by atoms with van der Waals surface area (Å²) in [6, 6.07) is 5.55. The summed E-state index contributed by atoms with van der Waals surface area (Å²) in [4.78, 5) is 0. The molecule has 2 aromatic rings. The van der Waals surface area contributed by atoms with Gasteiger partial charge in [0.1, 0.15) is 11.8 Å². The van der Waals surface area contributed by atoms with E-state index in [1.807, 2.05) is 12.1 Å². The quantitative estimate of drug-likeness (QED) is 0.671. The number of rotatable bonds is 0. The molecule has 0 atom stereocenters. The molecule has 1 nitrogen and oxygen atoms in total. The molecule has 0 saturated heterocycles. The van der Waals surface area contributed by atoms with Crippen molar-refractivity contribution in [1.82, 2.24) is 0 Å². The SMILES string of the molecule is Clc1ccc2c(Br)coc2c1. The van der Waals surface area contributed by atoms with Crippen molar-refractivity contribution in [3.63, 3.8) is 0 Å². The molecule has 0 fully saturated rings. The Labute approximate surface area is 77.1 Å². The molecule has 0 aliphatic rings. The van der Waals surface area contributed by atoms with Gasteiger partial charge in [-0.1, -0.05) is 11.6 Å². The van der Waals surface area contributed by atoms with Crippen LogP contribution < -0.4 is 0 Å². The topological polar surface area (TPSA) is 13.1 Å². The smallest absolute Gasteiger partial charge is 0.136 e. The Morgan fingerprint density at radius 2 is 2.18 bits per heavy atom. The van der Waals surface area contributed by atoms with Crippen LogP contribution in [0.25, 0.3) is 11.0 Å². The van der Waals surface area contributed by atoms with Gasteiger partial charge < -0.3 is 4.42 Å². The van der Waals surface area contributed by atoms with Crippen LogP contribution in [0, 0.1) is 0 Å². The molecule has 56 valence electrons. The molecule has 0 N–H and O–H groups in total. The molecule has 0 aliphatic carbocycles. The lowest BCUT2D eigenvalue weighted by molar-refractivity contribution is 0.614. The van der Waals surface area contributed by atoms with E-state index in [9.17, 15) is 0 Å². The second-order valence-electron chi connectivity index (χ2n) is 2.22. The van der Waals surface area contributed by atoms with E-state index in [1.165, 1.54) is 0 Å². The van der Waals surface area contributed by atoms with Crippen LogP contribution in [0.5, 0.6) is 0 Å². The Morgan fingerprint density at radius 3 is 3.00 bits per heavy atom. The van der Waals surface area contributed by atoms with E-state index >= 15 is 0 Å². The summed E-state index contributed by atoms with van der Waals surface area (Å²) in [5, 5.41) is 1.74. The van der Waals surface area contributed by atoms with E-state index in [0.717, 1.165) is 15.4 Å². The zero-order valence-electron chi connectivity index (χ0n) is 5.47. The van der Waals surface area contributed by atoms with Crippen LogP contribution in [0.4, 0.5) is 0 Å². The fourth-order valence-corrected chi connectivity index (χ4v) is 1.55. The van der Waals surface area contributed by atoms with Crippen molar-refractivity contribution in [1.29, 1.82) is 0 Å². The van der Waals surface area contributed by atoms with Gasteiger partial charge in [0.15, 0.2) is 0 Å². The average molecular weight is 231 g/mol. The van der Waals surface area contributed by atoms with Crippen molar-refractivity contribution in [3.05, 3.63) is 34.0 Å². The van der Waals surface area contributed by atoms with Crippen molar-refractivity contribution in [2.24, 2.45) is 0 Å². The number of furan rings is 1. The Balaban J connectivity index is 2.86.